The predicted molar refractivity (Wildman–Crippen MR) is 76.0 cm³/mol. The molecule has 0 aliphatic carbocycles. The van der Waals surface area contributed by atoms with Gasteiger partial charge in [-0.2, -0.15) is 0 Å². The second-order valence-electron chi connectivity index (χ2n) is 4.37. The van der Waals surface area contributed by atoms with Crippen LogP contribution in [0.1, 0.15) is 28.5 Å². The molecule has 2 heterocycles. The maximum atomic E-state index is 9.96. The fourth-order valence-electron chi connectivity index (χ4n) is 2.21. The van der Waals surface area contributed by atoms with Crippen molar-refractivity contribution in [2.45, 2.75) is 19.6 Å². The summed E-state index contributed by atoms with van der Waals surface area (Å²) in [6, 6.07) is 7.53. The van der Waals surface area contributed by atoms with E-state index in [-0.39, 0.29) is 24.3 Å². The van der Waals surface area contributed by atoms with Crippen LogP contribution in [0.15, 0.2) is 30.5 Å². The van der Waals surface area contributed by atoms with Crippen molar-refractivity contribution in [1.82, 2.24) is 4.98 Å². The van der Waals surface area contributed by atoms with Gasteiger partial charge in [0.05, 0.1) is 12.3 Å². The van der Waals surface area contributed by atoms with Gasteiger partial charge in [0.25, 0.3) is 0 Å². The van der Waals surface area contributed by atoms with Crippen LogP contribution in [0.3, 0.4) is 0 Å². The molecule has 2 aromatic rings. The average Bonchev–Trinajstić information content (AvgIpc) is 2.79. The molecular weight excluding hydrogens is 285 g/mol. The molecule has 0 unspecified atom stereocenters. The lowest BCUT2D eigenvalue weighted by Crippen LogP contribution is -1.99. The highest BCUT2D eigenvalue weighted by Crippen LogP contribution is 2.40. The molecule has 1 aromatic heterocycles. The molecular formula is C14H13Cl2NO2. The average molecular weight is 298 g/mol. The topological polar surface area (TPSA) is 42.4 Å². The molecule has 3 rings (SSSR count). The molecule has 0 fully saturated rings. The van der Waals surface area contributed by atoms with E-state index < -0.39 is 0 Å². The number of hydrogen-bond acceptors (Lipinski definition) is 3. The normalized spacial score (nSPS) is 16.8. The third-order valence-electron chi connectivity index (χ3n) is 3.22. The Bertz CT molecular complexity index is 599. The second-order valence-corrected chi connectivity index (χ2v) is 4.81. The number of ether oxygens (including phenoxy) is 1. The van der Waals surface area contributed by atoms with Gasteiger partial charge in [0.2, 0.25) is 0 Å². The summed E-state index contributed by atoms with van der Waals surface area (Å²) in [5.74, 6) is 0.240. The number of aromatic nitrogens is 1. The van der Waals surface area contributed by atoms with Gasteiger partial charge in [0.15, 0.2) is 0 Å². The summed E-state index contributed by atoms with van der Waals surface area (Å²) in [6.07, 6.45) is 1.60. The van der Waals surface area contributed by atoms with Gasteiger partial charge in [-0.3, -0.25) is 4.98 Å². The number of hydrogen-bond donors (Lipinski definition) is 1. The second kappa shape index (κ2) is 5.37. The Hall–Kier alpha value is -1.29. The van der Waals surface area contributed by atoms with Crippen molar-refractivity contribution >= 4 is 24.0 Å². The van der Waals surface area contributed by atoms with Crippen molar-refractivity contribution in [2.75, 3.05) is 0 Å². The van der Waals surface area contributed by atoms with E-state index in [1.165, 1.54) is 0 Å². The summed E-state index contributed by atoms with van der Waals surface area (Å²) in [7, 11) is 0. The highest BCUT2D eigenvalue weighted by molar-refractivity contribution is 6.30. The number of nitrogens with zero attached hydrogens (tertiary/aromatic N) is 1. The molecule has 100 valence electrons. The van der Waals surface area contributed by atoms with Crippen LogP contribution in [-0.2, 0) is 11.3 Å². The molecule has 0 saturated heterocycles. The first-order chi connectivity index (χ1) is 8.66. The molecule has 5 heteroatoms. The Balaban J connectivity index is 0.00000133. The van der Waals surface area contributed by atoms with Crippen molar-refractivity contribution in [2.24, 2.45) is 0 Å². The highest BCUT2D eigenvalue weighted by atomic mass is 35.5. The van der Waals surface area contributed by atoms with Gasteiger partial charge in [-0.15, -0.1) is 12.4 Å². The van der Waals surface area contributed by atoms with Crippen LogP contribution in [0, 0.1) is 6.92 Å². The molecule has 1 aliphatic heterocycles. The van der Waals surface area contributed by atoms with Crippen molar-refractivity contribution < 1.29 is 9.84 Å². The lowest BCUT2D eigenvalue weighted by atomic mass is 10.0. The molecule has 19 heavy (non-hydrogen) atoms. The van der Waals surface area contributed by atoms with Gasteiger partial charge in [-0.25, -0.2) is 0 Å². The zero-order valence-corrected chi connectivity index (χ0v) is 11.8. The summed E-state index contributed by atoms with van der Waals surface area (Å²) in [4.78, 5) is 4.19. The fraction of sp³-hybridized carbons (Fsp3) is 0.214. The monoisotopic (exact) mass is 297 g/mol. The first-order valence-corrected chi connectivity index (χ1v) is 6.09. The minimum atomic E-state index is -0.170. The maximum absolute atomic E-state index is 9.96. The van der Waals surface area contributed by atoms with E-state index in [1.54, 1.807) is 13.1 Å². The number of fused-ring (bicyclic) bond motifs is 1. The highest BCUT2D eigenvalue weighted by Gasteiger charge is 2.28. The quantitative estimate of drug-likeness (QED) is 0.871. The van der Waals surface area contributed by atoms with E-state index >= 15 is 0 Å². The van der Waals surface area contributed by atoms with Crippen molar-refractivity contribution in [3.05, 3.63) is 57.9 Å². The number of benzene rings is 1. The van der Waals surface area contributed by atoms with Crippen molar-refractivity contribution in [3.63, 3.8) is 0 Å². The number of pyridine rings is 1. The predicted octanol–water partition coefficient (Wildman–Crippen LogP) is 3.79. The molecule has 1 aromatic carbocycles. The van der Waals surface area contributed by atoms with Crippen LogP contribution < -0.4 is 0 Å². The minimum Gasteiger partial charge on any atom is -0.506 e. The van der Waals surface area contributed by atoms with Gasteiger partial charge in [-0.05, 0) is 24.6 Å². The lowest BCUT2D eigenvalue weighted by molar-refractivity contribution is 0.0932. The lowest BCUT2D eigenvalue weighted by Gasteiger charge is -2.11. The Morgan fingerprint density at radius 2 is 2.00 bits per heavy atom. The number of rotatable bonds is 1. The Morgan fingerprint density at radius 3 is 2.68 bits per heavy atom. The van der Waals surface area contributed by atoms with E-state index in [9.17, 15) is 5.11 Å². The zero-order valence-electron chi connectivity index (χ0n) is 10.3. The standard InChI is InChI=1S/C14H12ClNO2.ClH/c1-8-13(17)12-7-18-14(11(12)6-16-8)9-2-4-10(15)5-3-9;/h2-6,14,17H,7H2,1H3;1H/t14-;/m1./s1. The van der Waals surface area contributed by atoms with Gasteiger partial charge in [0.1, 0.15) is 11.9 Å². The van der Waals surface area contributed by atoms with Crippen LogP contribution in [0.25, 0.3) is 0 Å². The van der Waals surface area contributed by atoms with Gasteiger partial charge >= 0.3 is 0 Å². The van der Waals surface area contributed by atoms with Gasteiger partial charge in [0, 0.05) is 22.3 Å². The van der Waals surface area contributed by atoms with Gasteiger partial charge in [-0.1, -0.05) is 23.7 Å². The van der Waals surface area contributed by atoms with Crippen LogP contribution in [0.5, 0.6) is 5.75 Å². The smallest absolute Gasteiger partial charge is 0.142 e. The number of aromatic hydroxyl groups is 1. The van der Waals surface area contributed by atoms with Crippen LogP contribution in [0.4, 0.5) is 0 Å². The first-order valence-electron chi connectivity index (χ1n) is 5.71. The minimum absolute atomic E-state index is 0. The molecule has 3 nitrogen and oxygen atoms in total. The first kappa shape index (κ1) is 14.1. The molecule has 0 spiro atoms. The summed E-state index contributed by atoms with van der Waals surface area (Å²) < 4.78 is 5.74. The largest absolute Gasteiger partial charge is 0.506 e. The zero-order chi connectivity index (χ0) is 12.7. The van der Waals surface area contributed by atoms with E-state index in [1.807, 2.05) is 24.3 Å². The number of aryl methyl sites for hydroxylation is 1. The van der Waals surface area contributed by atoms with Crippen LogP contribution in [0.2, 0.25) is 5.02 Å². The summed E-state index contributed by atoms with van der Waals surface area (Å²) in [5, 5.41) is 10.7. The Morgan fingerprint density at radius 1 is 1.32 bits per heavy atom. The maximum Gasteiger partial charge on any atom is 0.142 e. The molecule has 0 bridgehead atoms. The fourth-order valence-corrected chi connectivity index (χ4v) is 2.33. The summed E-state index contributed by atoms with van der Waals surface area (Å²) in [6.45, 7) is 2.20. The molecule has 1 N–H and O–H groups in total. The molecule has 1 aliphatic rings. The third kappa shape index (κ3) is 2.41. The molecule has 0 saturated carbocycles. The van der Waals surface area contributed by atoms with Gasteiger partial charge < -0.3 is 9.84 Å². The molecule has 1 atom stereocenters. The van der Waals surface area contributed by atoms with Crippen LogP contribution >= 0.6 is 24.0 Å². The van der Waals surface area contributed by atoms with Crippen molar-refractivity contribution in [1.29, 1.82) is 0 Å². The molecule has 0 amide bonds. The van der Waals surface area contributed by atoms with Crippen LogP contribution in [-0.4, -0.2) is 10.1 Å². The Labute approximate surface area is 122 Å². The Kier molecular flexibility index (Phi) is 3.99. The SMILES string of the molecule is Cc1ncc2c(c1O)CO[C@@H]2c1ccc(Cl)cc1.Cl. The summed E-state index contributed by atoms with van der Waals surface area (Å²) in [5.41, 5.74) is 3.42. The molecule has 0 radical (unpaired) electrons. The number of halogens is 2. The van der Waals surface area contributed by atoms with E-state index in [4.69, 9.17) is 16.3 Å². The third-order valence-corrected chi connectivity index (χ3v) is 3.48. The summed E-state index contributed by atoms with van der Waals surface area (Å²) >= 11 is 5.87. The van der Waals surface area contributed by atoms with E-state index in [2.05, 4.69) is 4.98 Å². The van der Waals surface area contributed by atoms with E-state index in [0.29, 0.717) is 17.3 Å². The van der Waals surface area contributed by atoms with Crippen molar-refractivity contribution in [3.8, 4) is 5.75 Å². The van der Waals surface area contributed by atoms with E-state index in [0.717, 1.165) is 16.7 Å².